The summed E-state index contributed by atoms with van der Waals surface area (Å²) in [5.74, 6) is 0. The molecule has 1 aromatic heterocycles. The Bertz CT molecular complexity index is 728. The van der Waals surface area contributed by atoms with Crippen LogP contribution in [0.4, 0.5) is 0 Å². The van der Waals surface area contributed by atoms with E-state index in [0.29, 0.717) is 6.04 Å². The maximum Gasteiger partial charge on any atom is 0.177 e. The molecule has 0 spiro atoms. The van der Waals surface area contributed by atoms with Crippen LogP contribution in [0.5, 0.6) is 0 Å². The third kappa shape index (κ3) is 3.10. The Hall–Kier alpha value is -2.63. The molecule has 0 saturated carbocycles. The molecule has 0 radical (unpaired) electrons. The molecular weight excluding hydrogens is 262 g/mol. The number of nitriles is 2. The maximum absolute atomic E-state index is 9.24. The van der Waals surface area contributed by atoms with E-state index in [1.165, 1.54) is 6.33 Å². The molecule has 0 unspecified atom stereocenters. The van der Waals surface area contributed by atoms with Crippen LogP contribution in [0.3, 0.4) is 0 Å². The standard InChI is InChI=1S/C16H17N5/c1-11(2)19-9-13-5-4-12(3)15(6-13)21-10-20-14(7-17)16(21)8-18/h4-6,10-11,19H,9H2,1-3H3. The van der Waals surface area contributed by atoms with E-state index in [1.54, 1.807) is 4.57 Å². The number of rotatable bonds is 4. The minimum atomic E-state index is 0.155. The average Bonchev–Trinajstić information content (AvgIpc) is 2.88. The van der Waals surface area contributed by atoms with E-state index < -0.39 is 0 Å². The van der Waals surface area contributed by atoms with Crippen molar-refractivity contribution in [3.8, 4) is 17.8 Å². The van der Waals surface area contributed by atoms with Gasteiger partial charge in [0.15, 0.2) is 11.4 Å². The highest BCUT2D eigenvalue weighted by atomic mass is 15.1. The normalized spacial score (nSPS) is 10.4. The van der Waals surface area contributed by atoms with Gasteiger partial charge < -0.3 is 5.32 Å². The van der Waals surface area contributed by atoms with Crippen molar-refractivity contribution in [2.24, 2.45) is 0 Å². The zero-order chi connectivity index (χ0) is 15.4. The Balaban J connectivity index is 2.45. The molecule has 0 aliphatic heterocycles. The van der Waals surface area contributed by atoms with E-state index in [1.807, 2.05) is 25.1 Å². The Kier molecular flexibility index (Phi) is 4.37. The van der Waals surface area contributed by atoms with Crippen molar-refractivity contribution in [2.75, 3.05) is 0 Å². The fraction of sp³-hybridized carbons (Fsp3) is 0.312. The molecule has 0 aliphatic carbocycles. The number of hydrogen-bond donors (Lipinski definition) is 1. The lowest BCUT2D eigenvalue weighted by Crippen LogP contribution is -2.21. The molecule has 1 heterocycles. The fourth-order valence-corrected chi connectivity index (χ4v) is 2.07. The van der Waals surface area contributed by atoms with E-state index in [-0.39, 0.29) is 11.4 Å². The number of benzene rings is 1. The van der Waals surface area contributed by atoms with Gasteiger partial charge in [0, 0.05) is 12.6 Å². The quantitative estimate of drug-likeness (QED) is 0.932. The second-order valence-corrected chi connectivity index (χ2v) is 5.19. The van der Waals surface area contributed by atoms with E-state index in [4.69, 9.17) is 5.26 Å². The molecule has 106 valence electrons. The first-order chi connectivity index (χ1) is 10.1. The van der Waals surface area contributed by atoms with Crippen LogP contribution < -0.4 is 5.32 Å². The SMILES string of the molecule is Cc1ccc(CNC(C)C)cc1-n1cnc(C#N)c1C#N. The lowest BCUT2D eigenvalue weighted by molar-refractivity contribution is 0.588. The van der Waals surface area contributed by atoms with Crippen molar-refractivity contribution < 1.29 is 0 Å². The molecule has 0 amide bonds. The van der Waals surface area contributed by atoms with E-state index in [0.717, 1.165) is 23.4 Å². The van der Waals surface area contributed by atoms with Gasteiger partial charge in [-0.3, -0.25) is 4.57 Å². The highest BCUT2D eigenvalue weighted by Crippen LogP contribution is 2.19. The van der Waals surface area contributed by atoms with Gasteiger partial charge in [-0.05, 0) is 24.1 Å². The van der Waals surface area contributed by atoms with E-state index >= 15 is 0 Å². The maximum atomic E-state index is 9.24. The van der Waals surface area contributed by atoms with Gasteiger partial charge in [0.1, 0.15) is 18.5 Å². The van der Waals surface area contributed by atoms with Gasteiger partial charge in [-0.2, -0.15) is 10.5 Å². The summed E-state index contributed by atoms with van der Waals surface area (Å²) in [5.41, 5.74) is 3.46. The minimum Gasteiger partial charge on any atom is -0.310 e. The van der Waals surface area contributed by atoms with Crippen molar-refractivity contribution in [2.45, 2.75) is 33.4 Å². The van der Waals surface area contributed by atoms with Crippen molar-refractivity contribution in [3.05, 3.63) is 47.0 Å². The predicted molar refractivity (Wildman–Crippen MR) is 79.7 cm³/mol. The molecule has 0 bridgehead atoms. The van der Waals surface area contributed by atoms with Crippen LogP contribution in [0.15, 0.2) is 24.5 Å². The first kappa shape index (κ1) is 14.8. The second-order valence-electron chi connectivity index (χ2n) is 5.19. The molecule has 5 heteroatoms. The summed E-state index contributed by atoms with van der Waals surface area (Å²) in [6.07, 6.45) is 1.53. The van der Waals surface area contributed by atoms with Crippen molar-refractivity contribution in [1.29, 1.82) is 10.5 Å². The number of aromatic nitrogens is 2. The first-order valence-electron chi connectivity index (χ1n) is 6.77. The van der Waals surface area contributed by atoms with Crippen LogP contribution in [-0.4, -0.2) is 15.6 Å². The van der Waals surface area contributed by atoms with Gasteiger partial charge in [0.05, 0.1) is 5.69 Å². The van der Waals surface area contributed by atoms with E-state index in [9.17, 15) is 5.26 Å². The zero-order valence-electron chi connectivity index (χ0n) is 12.4. The summed E-state index contributed by atoms with van der Waals surface area (Å²) in [6, 6.07) is 10.5. The first-order valence-corrected chi connectivity index (χ1v) is 6.77. The highest BCUT2D eigenvalue weighted by molar-refractivity contribution is 5.49. The summed E-state index contributed by atoms with van der Waals surface area (Å²) in [4.78, 5) is 3.99. The van der Waals surface area contributed by atoms with Crippen molar-refractivity contribution >= 4 is 0 Å². The fourth-order valence-electron chi connectivity index (χ4n) is 2.07. The Labute approximate surface area is 124 Å². The molecule has 1 aromatic carbocycles. The minimum absolute atomic E-state index is 0.155. The van der Waals surface area contributed by atoms with Crippen LogP contribution in [-0.2, 0) is 6.54 Å². The smallest absolute Gasteiger partial charge is 0.177 e. The predicted octanol–water partition coefficient (Wildman–Crippen LogP) is 2.42. The molecule has 1 N–H and O–H groups in total. The summed E-state index contributed by atoms with van der Waals surface area (Å²) in [5, 5.41) is 21.6. The van der Waals surface area contributed by atoms with Crippen LogP contribution in [0, 0.1) is 29.6 Å². The zero-order valence-corrected chi connectivity index (χ0v) is 12.4. The van der Waals surface area contributed by atoms with Crippen LogP contribution >= 0.6 is 0 Å². The lowest BCUT2D eigenvalue weighted by Gasteiger charge is -2.12. The number of imidazole rings is 1. The third-order valence-electron chi connectivity index (χ3n) is 3.23. The molecule has 0 fully saturated rings. The summed E-state index contributed by atoms with van der Waals surface area (Å²) >= 11 is 0. The van der Waals surface area contributed by atoms with Crippen LogP contribution in [0.1, 0.15) is 36.4 Å². The third-order valence-corrected chi connectivity index (χ3v) is 3.23. The van der Waals surface area contributed by atoms with Crippen molar-refractivity contribution in [1.82, 2.24) is 14.9 Å². The Morgan fingerprint density at radius 1 is 1.29 bits per heavy atom. The van der Waals surface area contributed by atoms with Crippen molar-refractivity contribution in [3.63, 3.8) is 0 Å². The average molecular weight is 279 g/mol. The molecule has 0 atom stereocenters. The summed E-state index contributed by atoms with van der Waals surface area (Å²) < 4.78 is 1.67. The molecule has 21 heavy (non-hydrogen) atoms. The molecule has 2 aromatic rings. The van der Waals surface area contributed by atoms with Crippen LogP contribution in [0.25, 0.3) is 5.69 Å². The van der Waals surface area contributed by atoms with E-state index in [2.05, 4.69) is 36.3 Å². The van der Waals surface area contributed by atoms with Gasteiger partial charge in [-0.1, -0.05) is 26.0 Å². The van der Waals surface area contributed by atoms with Gasteiger partial charge in [0.2, 0.25) is 0 Å². The summed E-state index contributed by atoms with van der Waals surface area (Å²) in [7, 11) is 0. The molecular formula is C16H17N5. The number of nitrogens with zero attached hydrogens (tertiary/aromatic N) is 4. The topological polar surface area (TPSA) is 77.4 Å². The largest absolute Gasteiger partial charge is 0.310 e. The van der Waals surface area contributed by atoms with Crippen LogP contribution in [0.2, 0.25) is 0 Å². The van der Waals surface area contributed by atoms with Gasteiger partial charge in [0.25, 0.3) is 0 Å². The van der Waals surface area contributed by atoms with Gasteiger partial charge >= 0.3 is 0 Å². The number of hydrogen-bond acceptors (Lipinski definition) is 4. The van der Waals surface area contributed by atoms with Gasteiger partial charge in [-0.15, -0.1) is 0 Å². The Morgan fingerprint density at radius 2 is 2.05 bits per heavy atom. The number of aryl methyl sites for hydroxylation is 1. The van der Waals surface area contributed by atoms with Gasteiger partial charge in [-0.25, -0.2) is 4.98 Å². The molecule has 5 nitrogen and oxygen atoms in total. The molecule has 0 saturated heterocycles. The number of nitrogens with one attached hydrogen (secondary N) is 1. The summed E-state index contributed by atoms with van der Waals surface area (Å²) in [6.45, 7) is 6.92. The second kappa shape index (κ2) is 6.21. The monoisotopic (exact) mass is 279 g/mol. The molecule has 2 rings (SSSR count). The molecule has 0 aliphatic rings. The highest BCUT2D eigenvalue weighted by Gasteiger charge is 2.13. The lowest BCUT2D eigenvalue weighted by atomic mass is 10.1. The Morgan fingerprint density at radius 3 is 2.67 bits per heavy atom.